The molecule has 1 N–H and O–H groups in total. The molecule has 0 aliphatic rings. The van der Waals surface area contributed by atoms with Gasteiger partial charge >= 0.3 is 5.69 Å². The van der Waals surface area contributed by atoms with Gasteiger partial charge in [0.15, 0.2) is 0 Å². The molecule has 0 heterocycles. The minimum atomic E-state index is -0.518. The summed E-state index contributed by atoms with van der Waals surface area (Å²) in [4.78, 5) is 10.6. The molecule has 0 aliphatic heterocycles. The van der Waals surface area contributed by atoms with Gasteiger partial charge in [-0.05, 0) is 24.3 Å². The fourth-order valence-electron chi connectivity index (χ4n) is 1.76. The van der Waals surface area contributed by atoms with Crippen LogP contribution in [0.15, 0.2) is 42.5 Å². The number of ether oxygens (including phenoxy) is 1. The van der Waals surface area contributed by atoms with Gasteiger partial charge in [0.25, 0.3) is 0 Å². The molecule has 2 aromatic carbocycles. The zero-order valence-electron chi connectivity index (χ0n) is 10.7. The highest BCUT2D eigenvalue weighted by molar-refractivity contribution is 5.69. The maximum atomic E-state index is 11.2. The molecule has 0 fully saturated rings. The van der Waals surface area contributed by atoms with Crippen LogP contribution < -0.4 is 10.1 Å². The first-order valence-corrected chi connectivity index (χ1v) is 5.79. The lowest BCUT2D eigenvalue weighted by atomic mass is 10.2. The summed E-state index contributed by atoms with van der Waals surface area (Å²) in [5.41, 5.74) is 0.501. The maximum absolute atomic E-state index is 11.2. The average molecular weight is 269 g/mol. The molecular weight excluding hydrogens is 258 g/mol. The number of nitrogens with zero attached hydrogens (tertiary/aromatic N) is 2. The molecule has 20 heavy (non-hydrogen) atoms. The van der Waals surface area contributed by atoms with Gasteiger partial charge in [0.2, 0.25) is 5.75 Å². The summed E-state index contributed by atoms with van der Waals surface area (Å²) in [5, 5.41) is 22.9. The topological polar surface area (TPSA) is 88.2 Å². The number of hydrogen-bond acceptors (Lipinski definition) is 5. The van der Waals surface area contributed by atoms with E-state index in [9.17, 15) is 10.1 Å². The minimum Gasteiger partial charge on any atom is -0.449 e. The second kappa shape index (κ2) is 5.71. The molecule has 0 aliphatic carbocycles. The Balaban J connectivity index is 2.49. The number of nitro benzene ring substituents is 1. The standard InChI is InChI=1S/C14H11N3O3/c1-16-11-6-4-8-13(14(11)17(18)19)20-12-7-3-2-5-10(12)9-15/h2-8,16H,1H3. The van der Waals surface area contributed by atoms with Crippen molar-refractivity contribution in [2.45, 2.75) is 0 Å². The van der Waals surface area contributed by atoms with Crippen LogP contribution in [0.5, 0.6) is 11.5 Å². The third-order valence-corrected chi connectivity index (χ3v) is 2.68. The molecule has 2 rings (SSSR count). The van der Waals surface area contributed by atoms with Gasteiger partial charge in [-0.1, -0.05) is 18.2 Å². The van der Waals surface area contributed by atoms with Crippen molar-refractivity contribution in [3.63, 3.8) is 0 Å². The molecule has 0 atom stereocenters. The van der Waals surface area contributed by atoms with E-state index in [0.29, 0.717) is 11.3 Å². The van der Waals surface area contributed by atoms with Crippen molar-refractivity contribution >= 4 is 11.4 Å². The molecule has 0 saturated heterocycles. The van der Waals surface area contributed by atoms with Crippen LogP contribution in [0.2, 0.25) is 0 Å². The van der Waals surface area contributed by atoms with E-state index in [1.807, 2.05) is 6.07 Å². The van der Waals surface area contributed by atoms with E-state index in [4.69, 9.17) is 10.00 Å². The summed E-state index contributed by atoms with van der Waals surface area (Å²) in [7, 11) is 1.59. The Morgan fingerprint density at radius 1 is 1.20 bits per heavy atom. The van der Waals surface area contributed by atoms with Gasteiger partial charge in [0, 0.05) is 7.05 Å². The van der Waals surface area contributed by atoms with Crippen LogP contribution in [0.3, 0.4) is 0 Å². The van der Waals surface area contributed by atoms with Gasteiger partial charge < -0.3 is 10.1 Å². The molecule has 0 amide bonds. The quantitative estimate of drug-likeness (QED) is 0.679. The number of nitro groups is 1. The van der Waals surface area contributed by atoms with E-state index >= 15 is 0 Å². The number of benzene rings is 2. The van der Waals surface area contributed by atoms with Gasteiger partial charge in [-0.3, -0.25) is 10.1 Å². The van der Waals surface area contributed by atoms with E-state index in [1.54, 1.807) is 43.4 Å². The Kier molecular flexibility index (Phi) is 3.82. The molecule has 0 unspecified atom stereocenters. The molecular formula is C14H11N3O3. The normalized spacial score (nSPS) is 9.60. The molecule has 0 saturated carbocycles. The summed E-state index contributed by atoms with van der Waals surface area (Å²) in [5.74, 6) is 0.371. The van der Waals surface area contributed by atoms with E-state index in [2.05, 4.69) is 5.32 Å². The maximum Gasteiger partial charge on any atom is 0.334 e. The van der Waals surface area contributed by atoms with E-state index in [1.165, 1.54) is 6.07 Å². The van der Waals surface area contributed by atoms with Crippen molar-refractivity contribution in [1.82, 2.24) is 0 Å². The number of anilines is 1. The monoisotopic (exact) mass is 269 g/mol. The Morgan fingerprint density at radius 2 is 1.90 bits per heavy atom. The summed E-state index contributed by atoms with van der Waals surface area (Å²) >= 11 is 0. The molecule has 6 nitrogen and oxygen atoms in total. The van der Waals surface area contributed by atoms with Crippen LogP contribution in [0.25, 0.3) is 0 Å². The van der Waals surface area contributed by atoms with Crippen molar-refractivity contribution < 1.29 is 9.66 Å². The van der Waals surface area contributed by atoms with Gasteiger partial charge in [-0.2, -0.15) is 5.26 Å². The van der Waals surface area contributed by atoms with Crippen molar-refractivity contribution in [3.05, 3.63) is 58.1 Å². The minimum absolute atomic E-state index is 0.0875. The predicted octanol–water partition coefficient (Wildman–Crippen LogP) is 3.30. The average Bonchev–Trinajstić information content (AvgIpc) is 2.47. The van der Waals surface area contributed by atoms with Crippen LogP contribution in [-0.2, 0) is 0 Å². The van der Waals surface area contributed by atoms with Crippen LogP contribution in [0.1, 0.15) is 5.56 Å². The van der Waals surface area contributed by atoms with Crippen molar-refractivity contribution in [2.24, 2.45) is 0 Å². The predicted molar refractivity (Wildman–Crippen MR) is 73.9 cm³/mol. The first-order chi connectivity index (χ1) is 9.67. The van der Waals surface area contributed by atoms with Crippen LogP contribution >= 0.6 is 0 Å². The number of nitrogens with one attached hydrogen (secondary N) is 1. The SMILES string of the molecule is CNc1cccc(Oc2ccccc2C#N)c1[N+](=O)[O-]. The van der Waals surface area contributed by atoms with Crippen molar-refractivity contribution in [2.75, 3.05) is 12.4 Å². The molecule has 0 spiro atoms. The Bertz CT molecular complexity index is 692. The second-order valence-corrected chi connectivity index (χ2v) is 3.87. The smallest absolute Gasteiger partial charge is 0.334 e. The van der Waals surface area contributed by atoms with E-state index in [-0.39, 0.29) is 17.2 Å². The Hall–Kier alpha value is -3.07. The van der Waals surface area contributed by atoms with Gasteiger partial charge in [0.1, 0.15) is 17.5 Å². The summed E-state index contributed by atoms with van der Waals surface area (Å²) in [6.07, 6.45) is 0. The summed E-state index contributed by atoms with van der Waals surface area (Å²) < 4.78 is 5.53. The van der Waals surface area contributed by atoms with Crippen molar-refractivity contribution in [3.8, 4) is 17.6 Å². The second-order valence-electron chi connectivity index (χ2n) is 3.87. The fourth-order valence-corrected chi connectivity index (χ4v) is 1.76. The number of para-hydroxylation sites is 2. The lowest BCUT2D eigenvalue weighted by Crippen LogP contribution is -1.99. The van der Waals surface area contributed by atoms with Crippen molar-refractivity contribution in [1.29, 1.82) is 5.26 Å². The lowest BCUT2D eigenvalue weighted by Gasteiger charge is -2.09. The molecule has 0 aromatic heterocycles. The van der Waals surface area contributed by atoms with E-state index < -0.39 is 4.92 Å². The Morgan fingerprint density at radius 3 is 2.55 bits per heavy atom. The van der Waals surface area contributed by atoms with Gasteiger partial charge in [0.05, 0.1) is 10.5 Å². The highest BCUT2D eigenvalue weighted by Crippen LogP contribution is 2.37. The molecule has 2 aromatic rings. The lowest BCUT2D eigenvalue weighted by molar-refractivity contribution is -0.384. The highest BCUT2D eigenvalue weighted by atomic mass is 16.6. The third-order valence-electron chi connectivity index (χ3n) is 2.68. The number of rotatable bonds is 4. The first-order valence-electron chi connectivity index (χ1n) is 5.79. The zero-order chi connectivity index (χ0) is 14.5. The van der Waals surface area contributed by atoms with Gasteiger partial charge in [-0.25, -0.2) is 0 Å². The zero-order valence-corrected chi connectivity index (χ0v) is 10.7. The largest absolute Gasteiger partial charge is 0.449 e. The molecule has 6 heteroatoms. The molecule has 0 radical (unpaired) electrons. The summed E-state index contributed by atoms with van der Waals surface area (Å²) in [6, 6.07) is 13.3. The Labute approximate surface area is 115 Å². The van der Waals surface area contributed by atoms with Crippen LogP contribution in [0, 0.1) is 21.4 Å². The van der Waals surface area contributed by atoms with Gasteiger partial charge in [-0.15, -0.1) is 0 Å². The van der Waals surface area contributed by atoms with E-state index in [0.717, 1.165) is 0 Å². The van der Waals surface area contributed by atoms with Crippen LogP contribution in [-0.4, -0.2) is 12.0 Å². The highest BCUT2D eigenvalue weighted by Gasteiger charge is 2.21. The first kappa shape index (κ1) is 13.4. The van der Waals surface area contributed by atoms with Crippen LogP contribution in [0.4, 0.5) is 11.4 Å². The summed E-state index contributed by atoms with van der Waals surface area (Å²) in [6.45, 7) is 0. The number of hydrogen-bond donors (Lipinski definition) is 1. The molecule has 100 valence electrons. The molecule has 0 bridgehead atoms. The third kappa shape index (κ3) is 2.52. The fraction of sp³-hybridized carbons (Fsp3) is 0.0714. The number of nitriles is 1.